The predicted molar refractivity (Wildman–Crippen MR) is 120 cm³/mol. The molecule has 0 N–H and O–H groups in total. The molecule has 1 aliphatic rings. The molecular formula is C23H25FN2O2S2. The molecule has 0 spiro atoms. The molecule has 4 nitrogen and oxygen atoms in total. The minimum Gasteiger partial charge on any atom is -0.348 e. The maximum Gasteiger partial charge on any atom is 0.185 e. The number of benzene rings is 2. The lowest BCUT2D eigenvalue weighted by molar-refractivity contribution is 0.529. The van der Waals surface area contributed by atoms with E-state index in [1.165, 1.54) is 35.4 Å². The number of hydrogen-bond acceptors (Lipinski definition) is 5. The van der Waals surface area contributed by atoms with E-state index in [4.69, 9.17) is 4.98 Å². The van der Waals surface area contributed by atoms with Crippen LogP contribution in [0.25, 0.3) is 0 Å². The van der Waals surface area contributed by atoms with Crippen LogP contribution in [-0.4, -0.2) is 31.7 Å². The Morgan fingerprint density at radius 3 is 2.30 bits per heavy atom. The van der Waals surface area contributed by atoms with Gasteiger partial charge in [-0.05, 0) is 54.7 Å². The molecule has 0 bridgehead atoms. The van der Waals surface area contributed by atoms with Gasteiger partial charge in [-0.15, -0.1) is 11.3 Å². The molecule has 2 aromatic carbocycles. The van der Waals surface area contributed by atoms with Crippen LogP contribution >= 0.6 is 11.3 Å². The first-order valence-electron chi connectivity index (χ1n) is 10.2. The second kappa shape index (κ2) is 8.86. The monoisotopic (exact) mass is 444 g/mol. The highest BCUT2D eigenvalue weighted by Crippen LogP contribution is 2.29. The van der Waals surface area contributed by atoms with Gasteiger partial charge in [-0.3, -0.25) is 0 Å². The van der Waals surface area contributed by atoms with E-state index in [1.54, 1.807) is 11.3 Å². The second-order valence-electron chi connectivity index (χ2n) is 7.65. The summed E-state index contributed by atoms with van der Waals surface area (Å²) in [4.78, 5) is 7.15. The van der Waals surface area contributed by atoms with Crippen LogP contribution in [0, 0.1) is 5.82 Å². The fourth-order valence-corrected chi connectivity index (χ4v) is 6.41. The molecule has 1 aliphatic heterocycles. The number of hydrogen-bond donors (Lipinski definition) is 0. The third-order valence-electron chi connectivity index (χ3n) is 5.65. The SMILES string of the molecule is CCc1ccc(Cc2csc(N3CCC(S(=O)(=O)c4ccc(F)cc4)CC3)n2)cc1. The molecule has 0 amide bonds. The standard InChI is InChI=1S/C23H25FN2O2S2/c1-2-17-3-5-18(6-4-17)15-20-16-29-23(25-20)26-13-11-22(12-14-26)30(27,28)21-9-7-19(24)8-10-21/h3-10,16,22H,2,11-15H2,1H3. The molecule has 2 heterocycles. The van der Waals surface area contributed by atoms with Crippen LogP contribution in [-0.2, 0) is 22.7 Å². The van der Waals surface area contributed by atoms with Crippen molar-refractivity contribution in [1.82, 2.24) is 4.98 Å². The Bertz CT molecular complexity index is 1080. The first kappa shape index (κ1) is 21.0. The number of rotatable bonds is 6. The summed E-state index contributed by atoms with van der Waals surface area (Å²) in [5.41, 5.74) is 3.62. The molecular weight excluding hydrogens is 419 g/mol. The Balaban J connectivity index is 1.38. The summed E-state index contributed by atoms with van der Waals surface area (Å²) in [6.07, 6.45) is 2.93. The van der Waals surface area contributed by atoms with Gasteiger partial charge in [0.15, 0.2) is 15.0 Å². The highest BCUT2D eigenvalue weighted by atomic mass is 32.2. The highest BCUT2D eigenvalue weighted by Gasteiger charge is 2.32. The number of aromatic nitrogens is 1. The zero-order valence-corrected chi connectivity index (χ0v) is 18.6. The van der Waals surface area contributed by atoms with Crippen molar-refractivity contribution in [3.05, 3.63) is 76.5 Å². The van der Waals surface area contributed by atoms with Crippen LogP contribution in [0.3, 0.4) is 0 Å². The van der Waals surface area contributed by atoms with Crippen molar-refractivity contribution in [2.45, 2.75) is 42.8 Å². The maximum absolute atomic E-state index is 13.1. The molecule has 0 unspecified atom stereocenters. The normalized spacial score (nSPS) is 15.5. The first-order chi connectivity index (χ1) is 14.5. The summed E-state index contributed by atoms with van der Waals surface area (Å²) < 4.78 is 38.8. The number of nitrogens with zero attached hydrogens (tertiary/aromatic N) is 2. The van der Waals surface area contributed by atoms with E-state index >= 15 is 0 Å². The summed E-state index contributed by atoms with van der Waals surface area (Å²) >= 11 is 1.61. The van der Waals surface area contributed by atoms with Crippen LogP contribution in [0.2, 0.25) is 0 Å². The van der Waals surface area contributed by atoms with Crippen molar-refractivity contribution in [1.29, 1.82) is 0 Å². The number of halogens is 1. The summed E-state index contributed by atoms with van der Waals surface area (Å²) in [7, 11) is -3.44. The number of thiazole rings is 1. The molecule has 1 saturated heterocycles. The molecule has 1 aromatic heterocycles. The van der Waals surface area contributed by atoms with Gasteiger partial charge in [0, 0.05) is 24.9 Å². The summed E-state index contributed by atoms with van der Waals surface area (Å²) in [6, 6.07) is 13.8. The topological polar surface area (TPSA) is 50.3 Å². The smallest absolute Gasteiger partial charge is 0.185 e. The van der Waals surface area contributed by atoms with Gasteiger partial charge in [0.2, 0.25) is 0 Å². The van der Waals surface area contributed by atoms with Gasteiger partial charge >= 0.3 is 0 Å². The zero-order valence-electron chi connectivity index (χ0n) is 16.9. The average molecular weight is 445 g/mol. The summed E-state index contributed by atoms with van der Waals surface area (Å²) in [6.45, 7) is 3.46. The van der Waals surface area contributed by atoms with Crippen molar-refractivity contribution in [3.63, 3.8) is 0 Å². The fourth-order valence-electron chi connectivity index (χ4n) is 3.80. The quantitative estimate of drug-likeness (QED) is 0.509. The minimum absolute atomic E-state index is 0.202. The van der Waals surface area contributed by atoms with Gasteiger partial charge in [0.05, 0.1) is 15.8 Å². The van der Waals surface area contributed by atoms with Crippen molar-refractivity contribution in [2.75, 3.05) is 18.0 Å². The lowest BCUT2D eigenvalue weighted by atomic mass is 10.1. The Morgan fingerprint density at radius 1 is 1.03 bits per heavy atom. The highest BCUT2D eigenvalue weighted by molar-refractivity contribution is 7.92. The van der Waals surface area contributed by atoms with E-state index < -0.39 is 20.9 Å². The van der Waals surface area contributed by atoms with Crippen molar-refractivity contribution < 1.29 is 12.8 Å². The van der Waals surface area contributed by atoms with Crippen molar-refractivity contribution in [2.24, 2.45) is 0 Å². The molecule has 3 aromatic rings. The molecule has 0 atom stereocenters. The average Bonchev–Trinajstić information content (AvgIpc) is 3.23. The number of sulfone groups is 1. The predicted octanol–water partition coefficient (Wildman–Crippen LogP) is 4.88. The Morgan fingerprint density at radius 2 is 1.67 bits per heavy atom. The number of piperidine rings is 1. The van der Waals surface area contributed by atoms with E-state index in [0.717, 1.165) is 23.7 Å². The van der Waals surface area contributed by atoms with Crippen molar-refractivity contribution >= 4 is 26.3 Å². The van der Waals surface area contributed by atoms with Gasteiger partial charge in [-0.25, -0.2) is 17.8 Å². The van der Waals surface area contributed by atoms with Gasteiger partial charge < -0.3 is 4.90 Å². The Labute approximate surface area is 181 Å². The van der Waals surface area contributed by atoms with Crippen LogP contribution < -0.4 is 4.90 Å². The van der Waals surface area contributed by atoms with E-state index in [1.807, 2.05) is 0 Å². The summed E-state index contributed by atoms with van der Waals surface area (Å²) in [5.74, 6) is -0.426. The number of anilines is 1. The van der Waals surface area contributed by atoms with Crippen LogP contribution in [0.15, 0.2) is 58.8 Å². The van der Waals surface area contributed by atoms with E-state index in [0.29, 0.717) is 25.9 Å². The van der Waals surface area contributed by atoms with Gasteiger partial charge in [-0.1, -0.05) is 31.2 Å². The van der Waals surface area contributed by atoms with Gasteiger partial charge in [0.25, 0.3) is 0 Å². The first-order valence-corrected chi connectivity index (χ1v) is 12.6. The molecule has 1 fully saturated rings. The lowest BCUT2D eigenvalue weighted by Gasteiger charge is -2.31. The Hall–Kier alpha value is -2.25. The third-order valence-corrected chi connectivity index (χ3v) is 8.88. The van der Waals surface area contributed by atoms with Crippen molar-refractivity contribution in [3.8, 4) is 0 Å². The molecule has 4 rings (SSSR count). The van der Waals surface area contributed by atoms with Crippen LogP contribution in [0.4, 0.5) is 9.52 Å². The largest absolute Gasteiger partial charge is 0.348 e. The van der Waals surface area contributed by atoms with Crippen LogP contribution in [0.1, 0.15) is 36.6 Å². The summed E-state index contributed by atoms with van der Waals surface area (Å²) in [5, 5.41) is 2.60. The minimum atomic E-state index is -3.44. The molecule has 0 radical (unpaired) electrons. The van der Waals surface area contributed by atoms with Gasteiger partial charge in [-0.2, -0.15) is 0 Å². The van der Waals surface area contributed by atoms with Gasteiger partial charge in [0.1, 0.15) is 5.82 Å². The van der Waals surface area contributed by atoms with E-state index in [9.17, 15) is 12.8 Å². The van der Waals surface area contributed by atoms with E-state index in [-0.39, 0.29) is 4.90 Å². The molecule has 30 heavy (non-hydrogen) atoms. The lowest BCUT2D eigenvalue weighted by Crippen LogP contribution is -2.39. The molecule has 0 aliphatic carbocycles. The second-order valence-corrected chi connectivity index (χ2v) is 10.7. The number of aryl methyl sites for hydroxylation is 1. The van der Waals surface area contributed by atoms with E-state index in [2.05, 4.69) is 41.5 Å². The molecule has 7 heteroatoms. The maximum atomic E-state index is 13.1. The molecule has 0 saturated carbocycles. The fraction of sp³-hybridized carbons (Fsp3) is 0.348. The zero-order chi connectivity index (χ0) is 21.1. The van der Waals surface area contributed by atoms with Crippen LogP contribution in [0.5, 0.6) is 0 Å². The Kier molecular flexibility index (Phi) is 6.20. The third kappa shape index (κ3) is 4.57. The molecule has 158 valence electrons.